The third kappa shape index (κ3) is 5.88. The number of benzene rings is 5. The Morgan fingerprint density at radius 3 is 1.46 bits per heavy atom. The summed E-state index contributed by atoms with van der Waals surface area (Å²) in [6.07, 6.45) is 4.83. The van der Waals surface area contributed by atoms with E-state index in [1.807, 2.05) is 6.07 Å². The Morgan fingerprint density at radius 1 is 0.604 bits per heavy atom. The molecule has 0 fully saturated rings. The van der Waals surface area contributed by atoms with Gasteiger partial charge in [-0.05, 0) is 30.4 Å². The minimum Gasteiger partial charge on any atom is -0.507 e. The van der Waals surface area contributed by atoms with Crippen molar-refractivity contribution in [1.29, 1.82) is 0 Å². The van der Waals surface area contributed by atoms with Crippen LogP contribution in [0.25, 0.3) is 32.7 Å². The Kier molecular flexibility index (Phi) is 9.89. The third-order valence-electron chi connectivity index (χ3n) is 8.65. The number of amides is 1. The van der Waals surface area contributed by atoms with E-state index in [9.17, 15) is 34.8 Å². The molecular weight excluding hydrogens is 608 g/mol. The standard InChI is InChI=1S/C36H33NO6.C3H7NO/c1-3-5-17-37(18-6-4-2)20-15-16-25(26(38)19-20)27-21-11-7-8-12-22(21)32(39)29-28(27)35(42)30-31(36(29)43)34(41)24-14-10-9-13-23(24)33(30)40;1-4(2)3-5/h7-16,19,38-41H,3-6,17-18H2,1-2H3;3H,1-2H3. The van der Waals surface area contributed by atoms with Crippen molar-refractivity contribution in [2.24, 2.45) is 0 Å². The van der Waals surface area contributed by atoms with Crippen LogP contribution < -0.4 is 4.90 Å². The van der Waals surface area contributed by atoms with Crippen LogP contribution >= 0.6 is 0 Å². The Bertz CT molecular complexity index is 2040. The quantitative estimate of drug-likeness (QED) is 0.0942. The van der Waals surface area contributed by atoms with Gasteiger partial charge in [0.25, 0.3) is 0 Å². The number of ketones is 2. The number of aromatic hydroxyl groups is 4. The first-order valence-corrected chi connectivity index (χ1v) is 16.1. The average molecular weight is 649 g/mol. The molecule has 9 nitrogen and oxygen atoms in total. The van der Waals surface area contributed by atoms with Gasteiger partial charge in [-0.25, -0.2) is 0 Å². The highest BCUT2D eigenvalue weighted by atomic mass is 16.3. The number of phenolic OH excluding ortho intramolecular Hbond substituents is 4. The predicted octanol–water partition coefficient (Wildman–Crippen LogP) is 7.37. The second-order valence-corrected chi connectivity index (χ2v) is 12.1. The molecule has 0 radical (unpaired) electrons. The van der Waals surface area contributed by atoms with Crippen LogP contribution in [0.15, 0.2) is 66.7 Å². The molecule has 1 amide bonds. The summed E-state index contributed by atoms with van der Waals surface area (Å²) < 4.78 is 0. The number of carbonyl (C=O) groups is 3. The van der Waals surface area contributed by atoms with E-state index in [4.69, 9.17) is 0 Å². The molecule has 0 bridgehead atoms. The summed E-state index contributed by atoms with van der Waals surface area (Å²) >= 11 is 0. The molecule has 9 heteroatoms. The Hall–Kier alpha value is -5.57. The third-order valence-corrected chi connectivity index (χ3v) is 8.65. The first-order valence-electron chi connectivity index (χ1n) is 16.1. The minimum absolute atomic E-state index is 0.0785. The fraction of sp³-hybridized carbons (Fsp3) is 0.256. The highest BCUT2D eigenvalue weighted by molar-refractivity contribution is 6.37. The van der Waals surface area contributed by atoms with E-state index in [0.29, 0.717) is 16.3 Å². The number of hydrogen-bond acceptors (Lipinski definition) is 8. The Labute approximate surface area is 279 Å². The van der Waals surface area contributed by atoms with E-state index in [-0.39, 0.29) is 44.3 Å². The van der Waals surface area contributed by atoms with Gasteiger partial charge in [0.05, 0.1) is 16.7 Å². The van der Waals surface area contributed by atoms with Crippen LogP contribution in [0.1, 0.15) is 71.4 Å². The van der Waals surface area contributed by atoms with Crippen LogP contribution in [0.4, 0.5) is 5.69 Å². The molecule has 248 valence electrons. The van der Waals surface area contributed by atoms with Gasteiger partial charge in [-0.3, -0.25) is 14.4 Å². The Balaban J connectivity index is 0.000000840. The van der Waals surface area contributed by atoms with Crippen LogP contribution in [0.3, 0.4) is 0 Å². The second-order valence-electron chi connectivity index (χ2n) is 12.1. The molecule has 0 saturated heterocycles. The van der Waals surface area contributed by atoms with Gasteiger partial charge in [0.15, 0.2) is 5.78 Å². The summed E-state index contributed by atoms with van der Waals surface area (Å²) in [6, 6.07) is 18.5. The molecular formula is C39H40N2O7. The van der Waals surface area contributed by atoms with Crippen LogP contribution in [-0.2, 0) is 4.79 Å². The lowest BCUT2D eigenvalue weighted by Gasteiger charge is -2.27. The highest BCUT2D eigenvalue weighted by Crippen LogP contribution is 2.51. The normalized spacial score (nSPS) is 11.9. The molecule has 1 aliphatic rings. The molecule has 4 N–H and O–H groups in total. The van der Waals surface area contributed by atoms with Crippen molar-refractivity contribution in [2.75, 3.05) is 32.1 Å². The van der Waals surface area contributed by atoms with E-state index < -0.39 is 28.8 Å². The fourth-order valence-electron chi connectivity index (χ4n) is 6.24. The van der Waals surface area contributed by atoms with Crippen LogP contribution in [-0.4, -0.2) is 70.5 Å². The topological polar surface area (TPSA) is 139 Å². The zero-order valence-corrected chi connectivity index (χ0v) is 27.6. The number of hydrogen-bond donors (Lipinski definition) is 4. The minimum atomic E-state index is -0.783. The maximum Gasteiger partial charge on any atom is 0.209 e. The first-order chi connectivity index (χ1) is 23.1. The molecule has 1 aliphatic carbocycles. The van der Waals surface area contributed by atoms with Gasteiger partial charge in [-0.2, -0.15) is 0 Å². The van der Waals surface area contributed by atoms with Crippen LogP contribution in [0, 0.1) is 0 Å². The number of carbonyl (C=O) groups excluding carboxylic acids is 3. The van der Waals surface area contributed by atoms with Gasteiger partial charge in [0.1, 0.15) is 23.0 Å². The van der Waals surface area contributed by atoms with E-state index >= 15 is 0 Å². The first kappa shape index (κ1) is 33.8. The molecule has 0 atom stereocenters. The van der Waals surface area contributed by atoms with E-state index in [2.05, 4.69) is 18.7 Å². The molecule has 0 unspecified atom stereocenters. The molecule has 48 heavy (non-hydrogen) atoms. The smallest absolute Gasteiger partial charge is 0.209 e. The van der Waals surface area contributed by atoms with Crippen molar-refractivity contribution in [3.8, 4) is 34.1 Å². The van der Waals surface area contributed by atoms with Crippen molar-refractivity contribution in [1.82, 2.24) is 4.90 Å². The number of nitrogens with zero attached hydrogens (tertiary/aromatic N) is 2. The van der Waals surface area contributed by atoms with Crippen molar-refractivity contribution < 1.29 is 34.8 Å². The number of anilines is 1. The zero-order chi connectivity index (χ0) is 34.7. The van der Waals surface area contributed by atoms with Crippen molar-refractivity contribution in [3.63, 3.8) is 0 Å². The van der Waals surface area contributed by atoms with Crippen molar-refractivity contribution in [3.05, 3.63) is 89.0 Å². The van der Waals surface area contributed by atoms with Crippen LogP contribution in [0.5, 0.6) is 23.0 Å². The Morgan fingerprint density at radius 2 is 1.02 bits per heavy atom. The monoisotopic (exact) mass is 648 g/mol. The fourth-order valence-corrected chi connectivity index (χ4v) is 6.24. The summed E-state index contributed by atoms with van der Waals surface area (Å²) in [5.74, 6) is -2.85. The molecule has 0 aliphatic heterocycles. The molecule has 0 heterocycles. The molecule has 0 spiro atoms. The van der Waals surface area contributed by atoms with Crippen LogP contribution in [0.2, 0.25) is 0 Å². The maximum atomic E-state index is 14.4. The predicted molar refractivity (Wildman–Crippen MR) is 189 cm³/mol. The van der Waals surface area contributed by atoms with E-state index in [0.717, 1.165) is 50.9 Å². The zero-order valence-electron chi connectivity index (χ0n) is 27.6. The lowest BCUT2D eigenvalue weighted by Crippen LogP contribution is -2.25. The summed E-state index contributed by atoms with van der Waals surface area (Å²) in [5, 5.41) is 46.6. The molecule has 5 aromatic carbocycles. The lowest BCUT2D eigenvalue weighted by atomic mass is 9.76. The maximum absolute atomic E-state index is 14.4. The van der Waals surface area contributed by atoms with Gasteiger partial charge >= 0.3 is 0 Å². The molecule has 6 rings (SSSR count). The SMILES string of the molecule is CCCCN(CCCC)c1ccc(-c2c3c(c(O)c4ccccc24)C(=O)c2c(c(O)c4ccccc4c2O)C3=O)c(O)c1.CN(C)C=O. The molecule has 5 aromatic rings. The van der Waals surface area contributed by atoms with Crippen molar-refractivity contribution >= 4 is 45.2 Å². The average Bonchev–Trinajstić information content (AvgIpc) is 3.09. The largest absolute Gasteiger partial charge is 0.507 e. The number of rotatable bonds is 9. The number of fused-ring (bicyclic) bond motifs is 4. The summed E-state index contributed by atoms with van der Waals surface area (Å²) in [5.41, 5.74) is 0.358. The number of unbranched alkanes of at least 4 members (excludes halogenated alkanes) is 2. The van der Waals surface area contributed by atoms with Gasteiger partial charge in [-0.15, -0.1) is 0 Å². The summed E-state index contributed by atoms with van der Waals surface area (Å²) in [4.78, 5) is 41.6. The van der Waals surface area contributed by atoms with E-state index in [1.165, 1.54) is 4.90 Å². The summed E-state index contributed by atoms with van der Waals surface area (Å²) in [6.45, 7) is 5.95. The van der Waals surface area contributed by atoms with E-state index in [1.54, 1.807) is 74.8 Å². The van der Waals surface area contributed by atoms with Gasteiger partial charge in [0, 0.05) is 71.8 Å². The lowest BCUT2D eigenvalue weighted by molar-refractivity contribution is -0.115. The van der Waals surface area contributed by atoms with Crippen molar-refractivity contribution in [2.45, 2.75) is 39.5 Å². The van der Waals surface area contributed by atoms with Gasteiger partial charge in [-0.1, -0.05) is 75.2 Å². The van der Waals surface area contributed by atoms with Gasteiger partial charge in [0.2, 0.25) is 12.2 Å². The number of phenols is 4. The molecule has 0 aromatic heterocycles. The van der Waals surface area contributed by atoms with Gasteiger partial charge < -0.3 is 30.2 Å². The second kappa shape index (κ2) is 14.0. The summed E-state index contributed by atoms with van der Waals surface area (Å²) in [7, 11) is 3.38. The highest BCUT2D eigenvalue weighted by Gasteiger charge is 2.41. The molecule has 0 saturated carbocycles.